The molecule has 0 radical (unpaired) electrons. The smallest absolute Gasteiger partial charge is 0.267 e. The van der Waals surface area contributed by atoms with Crippen molar-refractivity contribution in [2.24, 2.45) is 0 Å². The standard InChI is InChI=1S/C15H12BrN3O2/c1-3-4-9-8(2)14(20)19(15(9)21)13-12(16)10-5-6-17-11(10)7-18-13/h3-7,17H,1-2H3/b4-3-. The van der Waals surface area contributed by atoms with Gasteiger partial charge in [0.15, 0.2) is 5.82 Å². The van der Waals surface area contributed by atoms with Gasteiger partial charge in [0.1, 0.15) is 0 Å². The number of nitrogens with zero attached hydrogens (tertiary/aromatic N) is 2. The molecule has 2 amide bonds. The van der Waals surface area contributed by atoms with Crippen molar-refractivity contribution in [3.8, 4) is 0 Å². The highest BCUT2D eigenvalue weighted by atomic mass is 79.9. The lowest BCUT2D eigenvalue weighted by atomic mass is 10.1. The van der Waals surface area contributed by atoms with Gasteiger partial charge < -0.3 is 4.98 Å². The number of carbonyl (C=O) groups is 2. The Bertz CT molecular complexity index is 833. The van der Waals surface area contributed by atoms with Crippen LogP contribution < -0.4 is 4.90 Å². The van der Waals surface area contributed by atoms with Crippen molar-refractivity contribution in [1.82, 2.24) is 9.97 Å². The second kappa shape index (κ2) is 4.96. The third-order valence-corrected chi connectivity index (χ3v) is 4.22. The highest BCUT2D eigenvalue weighted by Crippen LogP contribution is 2.35. The van der Waals surface area contributed by atoms with Crippen LogP contribution in [0.3, 0.4) is 0 Å². The Kier molecular flexibility index (Phi) is 3.25. The Hall–Kier alpha value is -2.21. The average molecular weight is 346 g/mol. The van der Waals surface area contributed by atoms with E-state index in [1.165, 1.54) is 0 Å². The number of allylic oxidation sites excluding steroid dienone is 1. The van der Waals surface area contributed by atoms with E-state index >= 15 is 0 Å². The van der Waals surface area contributed by atoms with Crippen molar-refractivity contribution in [2.75, 3.05) is 4.90 Å². The molecule has 0 spiro atoms. The molecule has 0 aliphatic carbocycles. The molecule has 2 aromatic heterocycles. The van der Waals surface area contributed by atoms with Gasteiger partial charge in [-0.25, -0.2) is 9.88 Å². The van der Waals surface area contributed by atoms with Gasteiger partial charge in [0.05, 0.1) is 16.2 Å². The minimum absolute atomic E-state index is 0.316. The average Bonchev–Trinajstić information content (AvgIpc) is 3.02. The molecular weight excluding hydrogens is 334 g/mol. The number of rotatable bonds is 2. The Morgan fingerprint density at radius 1 is 1.33 bits per heavy atom. The number of nitrogens with one attached hydrogen (secondary N) is 1. The molecule has 21 heavy (non-hydrogen) atoms. The zero-order valence-corrected chi connectivity index (χ0v) is 13.1. The molecule has 0 fully saturated rings. The second-order valence-corrected chi connectivity index (χ2v) is 5.48. The second-order valence-electron chi connectivity index (χ2n) is 4.69. The van der Waals surface area contributed by atoms with Crippen molar-refractivity contribution in [1.29, 1.82) is 0 Å². The SMILES string of the molecule is C/C=C\C1=C(C)C(=O)N(c2ncc3[nH]ccc3c2Br)C1=O. The number of pyridine rings is 1. The predicted octanol–water partition coefficient (Wildman–Crippen LogP) is 3.09. The lowest BCUT2D eigenvalue weighted by molar-refractivity contribution is -0.120. The minimum Gasteiger partial charge on any atom is -0.360 e. The first-order valence-corrected chi connectivity index (χ1v) is 7.19. The number of halogens is 1. The highest BCUT2D eigenvalue weighted by Gasteiger charge is 2.37. The van der Waals surface area contributed by atoms with Crippen LogP contribution >= 0.6 is 15.9 Å². The van der Waals surface area contributed by atoms with Crippen molar-refractivity contribution >= 4 is 44.5 Å². The van der Waals surface area contributed by atoms with E-state index in [1.54, 1.807) is 38.4 Å². The molecule has 0 bridgehead atoms. The number of imide groups is 1. The van der Waals surface area contributed by atoms with Crippen LogP contribution in [0, 0.1) is 0 Å². The number of hydrogen-bond donors (Lipinski definition) is 1. The number of carbonyl (C=O) groups excluding carboxylic acids is 2. The summed E-state index contributed by atoms with van der Waals surface area (Å²) < 4.78 is 0.623. The van der Waals surface area contributed by atoms with Gasteiger partial charge in [0.2, 0.25) is 0 Å². The number of aromatic nitrogens is 2. The molecule has 0 saturated carbocycles. The molecule has 3 rings (SSSR count). The number of H-pyrrole nitrogens is 1. The normalized spacial score (nSPS) is 16.0. The van der Waals surface area contributed by atoms with Crippen molar-refractivity contribution < 1.29 is 9.59 Å². The van der Waals surface area contributed by atoms with E-state index in [4.69, 9.17) is 0 Å². The fourth-order valence-electron chi connectivity index (χ4n) is 2.35. The monoisotopic (exact) mass is 345 g/mol. The van der Waals surface area contributed by atoms with Gasteiger partial charge in [-0.1, -0.05) is 12.2 Å². The summed E-state index contributed by atoms with van der Waals surface area (Å²) in [6, 6.07) is 1.86. The molecule has 2 aromatic rings. The molecular formula is C15H12BrN3O2. The summed E-state index contributed by atoms with van der Waals surface area (Å²) in [4.78, 5) is 33.2. The van der Waals surface area contributed by atoms with Gasteiger partial charge in [-0.15, -0.1) is 0 Å². The number of fused-ring (bicyclic) bond motifs is 1. The van der Waals surface area contributed by atoms with E-state index < -0.39 is 0 Å². The first kappa shape index (κ1) is 13.8. The van der Waals surface area contributed by atoms with Crippen LogP contribution in [0.15, 0.2) is 46.2 Å². The highest BCUT2D eigenvalue weighted by molar-refractivity contribution is 9.10. The largest absolute Gasteiger partial charge is 0.360 e. The van der Waals surface area contributed by atoms with Gasteiger partial charge in [-0.2, -0.15) is 0 Å². The third-order valence-electron chi connectivity index (χ3n) is 3.43. The molecule has 106 valence electrons. The van der Waals surface area contributed by atoms with Crippen molar-refractivity contribution in [2.45, 2.75) is 13.8 Å². The quantitative estimate of drug-likeness (QED) is 0.850. The molecule has 1 N–H and O–H groups in total. The lowest BCUT2D eigenvalue weighted by Crippen LogP contribution is -2.32. The van der Waals surface area contributed by atoms with Gasteiger partial charge in [0.25, 0.3) is 11.8 Å². The maximum atomic E-state index is 12.5. The van der Waals surface area contributed by atoms with Crippen molar-refractivity contribution in [3.63, 3.8) is 0 Å². The minimum atomic E-state index is -0.348. The van der Waals surface area contributed by atoms with Crippen LogP contribution in [0.1, 0.15) is 13.8 Å². The summed E-state index contributed by atoms with van der Waals surface area (Å²) in [5, 5.41) is 0.873. The van der Waals surface area contributed by atoms with E-state index in [-0.39, 0.29) is 11.8 Å². The zero-order chi connectivity index (χ0) is 15.1. The van der Waals surface area contributed by atoms with Crippen LogP contribution in [0.2, 0.25) is 0 Å². The molecule has 0 aromatic carbocycles. The Balaban J connectivity index is 2.14. The molecule has 0 saturated heterocycles. The first-order valence-electron chi connectivity index (χ1n) is 6.40. The molecule has 0 atom stereocenters. The summed E-state index contributed by atoms with van der Waals surface area (Å²) in [6.07, 6.45) is 6.78. The predicted molar refractivity (Wildman–Crippen MR) is 83.8 cm³/mol. The van der Waals surface area contributed by atoms with E-state index in [9.17, 15) is 9.59 Å². The van der Waals surface area contributed by atoms with Gasteiger partial charge in [-0.3, -0.25) is 9.59 Å². The van der Waals surface area contributed by atoms with E-state index in [1.807, 2.05) is 6.07 Å². The topological polar surface area (TPSA) is 66.1 Å². The molecule has 1 aliphatic rings. The first-order chi connectivity index (χ1) is 10.1. The summed E-state index contributed by atoms with van der Waals surface area (Å²) in [5.74, 6) is -0.370. The summed E-state index contributed by atoms with van der Waals surface area (Å²) in [5.41, 5.74) is 1.68. The van der Waals surface area contributed by atoms with E-state index in [0.29, 0.717) is 21.4 Å². The van der Waals surface area contributed by atoms with E-state index in [2.05, 4.69) is 25.9 Å². The molecule has 0 unspecified atom stereocenters. The molecule has 3 heterocycles. The maximum Gasteiger partial charge on any atom is 0.267 e. The lowest BCUT2D eigenvalue weighted by Gasteiger charge is -2.15. The summed E-state index contributed by atoms with van der Waals surface area (Å²) in [7, 11) is 0. The zero-order valence-electron chi connectivity index (χ0n) is 11.5. The number of hydrogen-bond acceptors (Lipinski definition) is 3. The number of amides is 2. The number of anilines is 1. The van der Waals surface area contributed by atoms with Crippen LogP contribution in [0.5, 0.6) is 0 Å². The van der Waals surface area contributed by atoms with Crippen LogP contribution in [-0.2, 0) is 9.59 Å². The third kappa shape index (κ3) is 1.94. The number of aromatic amines is 1. The van der Waals surface area contributed by atoms with Gasteiger partial charge in [-0.05, 0) is 35.8 Å². The van der Waals surface area contributed by atoms with Gasteiger partial charge >= 0.3 is 0 Å². The van der Waals surface area contributed by atoms with Crippen molar-refractivity contribution in [3.05, 3.63) is 46.2 Å². The van der Waals surface area contributed by atoms with E-state index in [0.717, 1.165) is 15.8 Å². The fourth-order valence-corrected chi connectivity index (χ4v) is 2.98. The van der Waals surface area contributed by atoms with Crippen LogP contribution in [0.25, 0.3) is 10.9 Å². The molecule has 5 nitrogen and oxygen atoms in total. The maximum absolute atomic E-state index is 12.5. The Morgan fingerprint density at radius 2 is 2.10 bits per heavy atom. The van der Waals surface area contributed by atoms with Crippen LogP contribution in [-0.4, -0.2) is 21.8 Å². The Morgan fingerprint density at radius 3 is 2.81 bits per heavy atom. The fraction of sp³-hybridized carbons (Fsp3) is 0.133. The van der Waals surface area contributed by atoms with Gasteiger partial charge in [0, 0.05) is 22.7 Å². The molecule has 6 heteroatoms. The summed E-state index contributed by atoms with van der Waals surface area (Å²) >= 11 is 3.44. The Labute approximate surface area is 129 Å². The van der Waals surface area contributed by atoms with Crippen LogP contribution in [0.4, 0.5) is 5.82 Å². The summed E-state index contributed by atoms with van der Waals surface area (Å²) in [6.45, 7) is 3.46. The molecule has 1 aliphatic heterocycles.